The van der Waals surface area contributed by atoms with Gasteiger partial charge in [-0.1, -0.05) is 64.8 Å². The summed E-state index contributed by atoms with van der Waals surface area (Å²) in [5.74, 6) is 0. The molecule has 0 saturated heterocycles. The van der Waals surface area contributed by atoms with Gasteiger partial charge in [-0.2, -0.15) is 21.6 Å². The van der Waals surface area contributed by atoms with Gasteiger partial charge in [-0.25, -0.2) is 8.42 Å². The van der Waals surface area contributed by atoms with Crippen molar-refractivity contribution < 1.29 is 34.2 Å². The Morgan fingerprint density at radius 2 is 1.02 bits per heavy atom. The monoisotopic (exact) mass is 721 g/mol. The van der Waals surface area contributed by atoms with Crippen LogP contribution in [0.2, 0.25) is 0 Å². The first-order valence-corrected chi connectivity index (χ1v) is 17.2. The molecule has 0 bridgehead atoms. The SMILES string of the molecule is O=S(=O)(OCCN(S(c1ccccc1)(c1ccccc1)c1ccccc1)S(=O)(=O)C(F)(F)F)c1ccc(I)cc1. The van der Waals surface area contributed by atoms with Gasteiger partial charge in [-0.3, -0.25) is 4.18 Å². The standard InChI is InChI=1S/C27H23F3INO5S3/c28-27(29,30)40(35,36)32(20-21-37-39(33,34)26-18-16-22(31)17-19-26)38(23-10-4-1-5-11-23,24-12-6-2-7-13-24)25-14-8-3-9-15-25/h1-19H,20-21H2. The first kappa shape index (κ1) is 30.5. The van der Waals surface area contributed by atoms with E-state index in [4.69, 9.17) is 4.18 Å². The summed E-state index contributed by atoms with van der Waals surface area (Å²) >= 11 is 1.99. The first-order chi connectivity index (χ1) is 18.9. The fourth-order valence-electron chi connectivity index (χ4n) is 4.02. The number of halogens is 4. The van der Waals surface area contributed by atoms with Gasteiger partial charge in [0.15, 0.2) is 0 Å². The molecule has 13 heteroatoms. The Morgan fingerprint density at radius 3 is 1.40 bits per heavy atom. The molecule has 0 amide bonds. The minimum atomic E-state index is -6.03. The summed E-state index contributed by atoms with van der Waals surface area (Å²) in [5, 5.41) is 0. The van der Waals surface area contributed by atoms with E-state index in [1.54, 1.807) is 91.0 Å². The van der Waals surface area contributed by atoms with Crippen molar-refractivity contribution >= 4 is 52.9 Å². The molecular formula is C27H23F3INO5S3. The van der Waals surface area contributed by atoms with Gasteiger partial charge in [0.2, 0.25) is 0 Å². The van der Waals surface area contributed by atoms with Crippen LogP contribution in [0.5, 0.6) is 0 Å². The van der Waals surface area contributed by atoms with Crippen molar-refractivity contribution in [2.75, 3.05) is 13.2 Å². The molecule has 212 valence electrons. The number of hydrogen-bond donors (Lipinski definition) is 0. The molecule has 0 atom stereocenters. The van der Waals surface area contributed by atoms with Crippen LogP contribution >= 0.6 is 32.8 Å². The predicted molar refractivity (Wildman–Crippen MR) is 156 cm³/mol. The Bertz CT molecular complexity index is 1540. The quantitative estimate of drug-likeness (QED) is 0.130. The normalized spacial score (nSPS) is 13.3. The maximum Gasteiger partial charge on any atom is 0.512 e. The highest BCUT2D eigenvalue weighted by atomic mass is 127. The Labute approximate surface area is 246 Å². The van der Waals surface area contributed by atoms with Gasteiger partial charge in [0.05, 0.1) is 11.5 Å². The topological polar surface area (TPSA) is 80.8 Å². The minimum Gasteiger partial charge on any atom is -0.265 e. The first-order valence-electron chi connectivity index (χ1n) is 11.6. The van der Waals surface area contributed by atoms with Crippen LogP contribution in [-0.4, -0.2) is 39.2 Å². The van der Waals surface area contributed by atoms with Gasteiger partial charge >= 0.3 is 15.5 Å². The van der Waals surface area contributed by atoms with Crippen molar-refractivity contribution in [2.45, 2.75) is 25.1 Å². The van der Waals surface area contributed by atoms with E-state index in [-0.39, 0.29) is 4.90 Å². The lowest BCUT2D eigenvalue weighted by atomic mass is 10.4. The van der Waals surface area contributed by atoms with Crippen molar-refractivity contribution in [3.63, 3.8) is 0 Å². The maximum absolute atomic E-state index is 14.3. The summed E-state index contributed by atoms with van der Waals surface area (Å²) < 4.78 is 102. The van der Waals surface area contributed by atoms with E-state index in [0.717, 1.165) is 3.57 Å². The molecule has 0 unspecified atom stereocenters. The Hall–Kier alpha value is -2.43. The van der Waals surface area contributed by atoms with Gasteiger partial charge in [-0.15, -0.1) is 3.71 Å². The molecule has 4 rings (SSSR count). The molecule has 4 aromatic rings. The summed E-state index contributed by atoms with van der Waals surface area (Å²) in [6, 6.07) is 29.7. The minimum absolute atomic E-state index is 0.203. The number of benzene rings is 4. The molecule has 6 nitrogen and oxygen atoms in total. The third-order valence-electron chi connectivity index (χ3n) is 5.73. The van der Waals surface area contributed by atoms with Crippen LogP contribution in [0.15, 0.2) is 135 Å². The number of rotatable bonds is 10. The summed E-state index contributed by atoms with van der Waals surface area (Å²) in [7, 11) is -13.8. The summed E-state index contributed by atoms with van der Waals surface area (Å²) in [4.78, 5) is 0.716. The highest BCUT2D eigenvalue weighted by Crippen LogP contribution is 2.72. The van der Waals surface area contributed by atoms with E-state index in [1.165, 1.54) is 24.3 Å². The number of sulfonamides is 1. The molecule has 0 fully saturated rings. The van der Waals surface area contributed by atoms with Gasteiger partial charge in [0, 0.05) is 24.8 Å². The van der Waals surface area contributed by atoms with Crippen molar-refractivity contribution in [2.24, 2.45) is 0 Å². The summed E-state index contributed by atoms with van der Waals surface area (Å²) in [6.07, 6.45) is 0. The van der Waals surface area contributed by atoms with Gasteiger partial charge in [0.1, 0.15) is 0 Å². The van der Waals surface area contributed by atoms with E-state index in [2.05, 4.69) is 0 Å². The van der Waals surface area contributed by atoms with E-state index in [1.807, 2.05) is 22.6 Å². The van der Waals surface area contributed by atoms with Crippen LogP contribution < -0.4 is 0 Å². The molecule has 4 aromatic carbocycles. The second-order valence-electron chi connectivity index (χ2n) is 8.23. The molecule has 0 aliphatic heterocycles. The second kappa shape index (κ2) is 12.2. The van der Waals surface area contributed by atoms with Crippen LogP contribution in [0, 0.1) is 3.57 Å². The number of alkyl halides is 3. The fourth-order valence-corrected chi connectivity index (χ4v) is 11.6. The van der Waals surface area contributed by atoms with Gasteiger partial charge < -0.3 is 0 Å². The highest BCUT2D eigenvalue weighted by molar-refractivity contribution is 14.1. The summed E-state index contributed by atoms with van der Waals surface area (Å²) in [5.41, 5.74) is -5.68. The largest absolute Gasteiger partial charge is 0.512 e. The fraction of sp³-hybridized carbons (Fsp3) is 0.111. The maximum atomic E-state index is 14.3. The lowest BCUT2D eigenvalue weighted by Crippen LogP contribution is -2.44. The Kier molecular flexibility index (Phi) is 9.31. The molecule has 0 aliphatic rings. The van der Waals surface area contributed by atoms with E-state index in [9.17, 15) is 30.0 Å². The lowest BCUT2D eigenvalue weighted by Gasteiger charge is -2.48. The van der Waals surface area contributed by atoms with Crippen LogP contribution in [0.4, 0.5) is 13.2 Å². The second-order valence-corrected chi connectivity index (χ2v) is 16.2. The third-order valence-corrected chi connectivity index (χ3v) is 14.0. The predicted octanol–water partition coefficient (Wildman–Crippen LogP) is 7.05. The average molecular weight is 722 g/mol. The zero-order valence-electron chi connectivity index (χ0n) is 20.6. The van der Waals surface area contributed by atoms with E-state index < -0.39 is 49.0 Å². The van der Waals surface area contributed by atoms with Crippen molar-refractivity contribution in [3.05, 3.63) is 119 Å². The molecule has 0 spiro atoms. The zero-order valence-corrected chi connectivity index (χ0v) is 25.2. The number of nitrogens with zero attached hydrogens (tertiary/aromatic N) is 1. The van der Waals surface area contributed by atoms with E-state index in [0.29, 0.717) is 18.4 Å². The average Bonchev–Trinajstić information content (AvgIpc) is 2.94. The molecule has 0 N–H and O–H groups in total. The van der Waals surface area contributed by atoms with Crippen LogP contribution in [-0.2, 0) is 24.3 Å². The molecule has 40 heavy (non-hydrogen) atoms. The molecule has 0 saturated carbocycles. The zero-order chi connectivity index (χ0) is 29.0. The van der Waals surface area contributed by atoms with Crippen molar-refractivity contribution in [1.29, 1.82) is 0 Å². The van der Waals surface area contributed by atoms with Gasteiger partial charge in [0.25, 0.3) is 10.1 Å². The third kappa shape index (κ3) is 6.09. The van der Waals surface area contributed by atoms with Crippen LogP contribution in [0.1, 0.15) is 0 Å². The van der Waals surface area contributed by atoms with E-state index >= 15 is 0 Å². The number of hydrogen-bond acceptors (Lipinski definition) is 5. The molecule has 0 radical (unpaired) electrons. The van der Waals surface area contributed by atoms with Crippen LogP contribution in [0.3, 0.4) is 0 Å². The summed E-state index contributed by atoms with van der Waals surface area (Å²) in [6.45, 7) is -1.76. The van der Waals surface area contributed by atoms with Crippen molar-refractivity contribution in [3.8, 4) is 0 Å². The molecule has 0 aromatic heterocycles. The Morgan fingerprint density at radius 1 is 0.625 bits per heavy atom. The molecule has 0 heterocycles. The Balaban J connectivity index is 1.93. The lowest BCUT2D eigenvalue weighted by molar-refractivity contribution is -0.0469. The smallest absolute Gasteiger partial charge is 0.265 e. The molecular weight excluding hydrogens is 698 g/mol. The van der Waals surface area contributed by atoms with Crippen molar-refractivity contribution in [1.82, 2.24) is 3.71 Å². The molecule has 0 aliphatic carbocycles. The van der Waals surface area contributed by atoms with Gasteiger partial charge in [-0.05, 0) is 83.3 Å². The van der Waals surface area contributed by atoms with Crippen LogP contribution in [0.25, 0.3) is 0 Å². The highest BCUT2D eigenvalue weighted by Gasteiger charge is 2.56.